The Morgan fingerprint density at radius 1 is 1.73 bits per heavy atom. The summed E-state index contributed by atoms with van der Waals surface area (Å²) in [5, 5.41) is 11.6. The number of hydrogen-bond donors (Lipinski definition) is 2. The topological polar surface area (TPSA) is 128 Å². The molecule has 0 saturated carbocycles. The number of aliphatic carboxylic acids is 1. The van der Waals surface area contributed by atoms with Crippen molar-refractivity contribution >= 4 is 34.6 Å². The van der Waals surface area contributed by atoms with Crippen LogP contribution >= 0.6 is 11.5 Å². The minimum absolute atomic E-state index is 0.0436. The lowest BCUT2D eigenvalue weighted by atomic mass is 10.4. The smallest absolute Gasteiger partial charge is 0.344 e. The van der Waals surface area contributed by atoms with E-state index in [1.54, 1.807) is 0 Å². The second-order valence-corrected chi connectivity index (χ2v) is 2.95. The van der Waals surface area contributed by atoms with E-state index in [0.717, 1.165) is 11.5 Å². The maximum Gasteiger partial charge on any atom is 0.344 e. The molecule has 0 saturated heterocycles. The van der Waals surface area contributed by atoms with Crippen molar-refractivity contribution in [2.75, 3.05) is 12.3 Å². The van der Waals surface area contributed by atoms with E-state index in [4.69, 9.17) is 10.8 Å². The van der Waals surface area contributed by atoms with Gasteiger partial charge >= 0.3 is 5.97 Å². The molecule has 0 amide bonds. The van der Waals surface area contributed by atoms with E-state index in [9.17, 15) is 9.59 Å². The lowest BCUT2D eigenvalue weighted by Crippen LogP contribution is -2.09. The molecule has 1 aromatic rings. The molecule has 8 nitrogen and oxygen atoms in total. The van der Waals surface area contributed by atoms with Crippen LogP contribution in [0, 0.1) is 0 Å². The Kier molecular flexibility index (Phi) is 3.68. The lowest BCUT2D eigenvalue weighted by molar-refractivity contribution is -0.142. The van der Waals surface area contributed by atoms with Gasteiger partial charge in [-0.2, -0.15) is 9.36 Å². The van der Waals surface area contributed by atoms with Gasteiger partial charge in [-0.1, -0.05) is 5.16 Å². The molecule has 0 unspecified atom stereocenters. The predicted octanol–water partition coefficient (Wildman–Crippen LogP) is -0.965. The van der Waals surface area contributed by atoms with Crippen LogP contribution in [0.2, 0.25) is 0 Å². The quantitative estimate of drug-likeness (QED) is 0.491. The minimum Gasteiger partial charge on any atom is -0.479 e. The first-order valence-electron chi connectivity index (χ1n) is 3.53. The minimum atomic E-state index is -1.21. The van der Waals surface area contributed by atoms with Gasteiger partial charge in [0, 0.05) is 11.5 Å². The molecule has 1 heterocycles. The summed E-state index contributed by atoms with van der Waals surface area (Å²) in [6.45, 7) is -0.662. The van der Waals surface area contributed by atoms with Gasteiger partial charge < -0.3 is 15.7 Å². The normalized spacial score (nSPS) is 11.1. The number of rotatable bonds is 5. The third-order valence-electron chi connectivity index (χ3n) is 1.09. The monoisotopic (exact) mass is 229 g/mol. The molecule has 3 N–H and O–H groups in total. The van der Waals surface area contributed by atoms with Crippen molar-refractivity contribution < 1.29 is 19.5 Å². The fraction of sp³-hybridized carbons (Fsp3) is 0.167. The molecule has 1 radical (unpaired) electrons. The molecule has 0 aliphatic rings. The third kappa shape index (κ3) is 3.31. The molecular formula is C6H5N4O4S. The molecule has 15 heavy (non-hydrogen) atoms. The molecule has 0 aliphatic heterocycles. The SMILES string of the molecule is Nc1nc(C([C]=O)=NOCC(=O)O)ns1. The number of anilines is 1. The van der Waals surface area contributed by atoms with E-state index in [0.29, 0.717) is 0 Å². The molecule has 0 spiro atoms. The summed E-state index contributed by atoms with van der Waals surface area (Å²) in [6.07, 6.45) is 1.41. The van der Waals surface area contributed by atoms with Gasteiger partial charge in [0.25, 0.3) is 6.29 Å². The summed E-state index contributed by atoms with van der Waals surface area (Å²) in [7, 11) is 0. The molecule has 79 valence electrons. The van der Waals surface area contributed by atoms with E-state index >= 15 is 0 Å². The maximum absolute atomic E-state index is 10.4. The lowest BCUT2D eigenvalue weighted by Gasteiger charge is -1.93. The Bertz CT molecular complexity index is 402. The average molecular weight is 229 g/mol. The molecule has 0 bridgehead atoms. The van der Waals surface area contributed by atoms with Gasteiger partial charge in [-0.05, 0) is 0 Å². The fourth-order valence-electron chi connectivity index (χ4n) is 0.589. The number of nitrogen functional groups attached to an aromatic ring is 1. The number of aromatic nitrogens is 2. The summed E-state index contributed by atoms with van der Waals surface area (Å²) in [5.74, 6) is -1.26. The molecule has 9 heteroatoms. The fourth-order valence-corrected chi connectivity index (χ4v) is 1.02. The number of nitrogens with zero attached hydrogens (tertiary/aromatic N) is 3. The summed E-state index contributed by atoms with van der Waals surface area (Å²) in [6, 6.07) is 0. The summed E-state index contributed by atoms with van der Waals surface area (Å²) in [4.78, 5) is 28.4. The van der Waals surface area contributed by atoms with E-state index < -0.39 is 12.6 Å². The number of carboxylic acids is 1. The van der Waals surface area contributed by atoms with Crippen molar-refractivity contribution in [1.82, 2.24) is 9.36 Å². The number of hydrogen-bond acceptors (Lipinski definition) is 8. The number of carboxylic acid groups (broad SMARTS) is 1. The largest absolute Gasteiger partial charge is 0.479 e. The third-order valence-corrected chi connectivity index (χ3v) is 1.64. The van der Waals surface area contributed by atoms with Crippen molar-refractivity contribution in [3.63, 3.8) is 0 Å². The average Bonchev–Trinajstić information content (AvgIpc) is 2.59. The predicted molar refractivity (Wildman–Crippen MR) is 50.1 cm³/mol. The Hall–Kier alpha value is -2.03. The van der Waals surface area contributed by atoms with Gasteiger partial charge in [0.1, 0.15) is 0 Å². The zero-order chi connectivity index (χ0) is 11.3. The first-order chi connectivity index (χ1) is 7.13. The second kappa shape index (κ2) is 5.00. The van der Waals surface area contributed by atoms with Crippen LogP contribution in [0.25, 0.3) is 0 Å². The van der Waals surface area contributed by atoms with E-state index in [1.807, 2.05) is 0 Å². The zero-order valence-electron chi connectivity index (χ0n) is 7.21. The van der Waals surface area contributed by atoms with Crippen LogP contribution in [0.5, 0.6) is 0 Å². The van der Waals surface area contributed by atoms with Gasteiger partial charge in [-0.15, -0.1) is 0 Å². The Morgan fingerprint density at radius 2 is 2.47 bits per heavy atom. The van der Waals surface area contributed by atoms with E-state index in [1.165, 1.54) is 6.29 Å². The number of carbonyl (C=O) groups is 1. The van der Waals surface area contributed by atoms with Crippen LogP contribution in [0.3, 0.4) is 0 Å². The highest BCUT2D eigenvalue weighted by atomic mass is 32.1. The standard InChI is InChI=1S/C6H5N4O4S/c7-6-8-5(10-15-6)3(1-11)9-14-2-4(12)13/h2H2,(H,12,13)(H2,7,8,10). The first-order valence-corrected chi connectivity index (χ1v) is 4.30. The molecule has 1 aromatic heterocycles. The molecular weight excluding hydrogens is 224 g/mol. The van der Waals surface area contributed by atoms with Crippen molar-refractivity contribution in [3.05, 3.63) is 5.82 Å². The van der Waals surface area contributed by atoms with Gasteiger partial charge in [0.05, 0.1) is 0 Å². The summed E-state index contributed by atoms with van der Waals surface area (Å²) in [5.41, 5.74) is 4.94. The Labute approximate surface area is 87.5 Å². The maximum atomic E-state index is 10.4. The number of oxime groups is 1. The Balaban J connectivity index is 2.71. The zero-order valence-corrected chi connectivity index (χ0v) is 8.02. The van der Waals surface area contributed by atoms with Gasteiger partial charge in [0.15, 0.2) is 10.8 Å². The van der Waals surface area contributed by atoms with Crippen molar-refractivity contribution in [3.8, 4) is 0 Å². The van der Waals surface area contributed by atoms with Crippen LogP contribution in [0.1, 0.15) is 5.82 Å². The van der Waals surface area contributed by atoms with Gasteiger partial charge in [-0.3, -0.25) is 4.79 Å². The van der Waals surface area contributed by atoms with Crippen LogP contribution in [-0.4, -0.2) is 39.0 Å². The van der Waals surface area contributed by atoms with Gasteiger partial charge in [0.2, 0.25) is 12.4 Å². The van der Waals surface area contributed by atoms with Crippen molar-refractivity contribution in [1.29, 1.82) is 0 Å². The van der Waals surface area contributed by atoms with Crippen molar-refractivity contribution in [2.24, 2.45) is 5.16 Å². The second-order valence-electron chi connectivity index (χ2n) is 2.17. The molecule has 0 aromatic carbocycles. The number of nitrogens with two attached hydrogens (primary N) is 1. The highest BCUT2D eigenvalue weighted by molar-refractivity contribution is 7.09. The highest BCUT2D eigenvalue weighted by Gasteiger charge is 2.11. The molecule has 0 atom stereocenters. The van der Waals surface area contributed by atoms with Crippen molar-refractivity contribution in [2.45, 2.75) is 0 Å². The highest BCUT2D eigenvalue weighted by Crippen LogP contribution is 2.05. The Morgan fingerprint density at radius 3 is 2.93 bits per heavy atom. The molecule has 0 fully saturated rings. The van der Waals surface area contributed by atoms with E-state index in [-0.39, 0.29) is 16.7 Å². The van der Waals surface area contributed by atoms with Crippen LogP contribution in [0.4, 0.5) is 5.13 Å². The van der Waals surface area contributed by atoms with E-state index in [2.05, 4.69) is 19.4 Å². The number of carbonyl (C=O) groups excluding carboxylic acids is 1. The van der Waals surface area contributed by atoms with Gasteiger partial charge in [-0.25, -0.2) is 4.79 Å². The summed E-state index contributed by atoms with van der Waals surface area (Å²) >= 11 is 0.873. The van der Waals surface area contributed by atoms with Crippen LogP contribution < -0.4 is 5.73 Å². The summed E-state index contributed by atoms with van der Waals surface area (Å²) < 4.78 is 3.67. The molecule has 0 aliphatic carbocycles. The first kappa shape index (κ1) is 11.0. The van der Waals surface area contributed by atoms with Crippen LogP contribution in [-0.2, 0) is 14.4 Å². The van der Waals surface area contributed by atoms with Crippen LogP contribution in [0.15, 0.2) is 5.16 Å². The molecule has 1 rings (SSSR count).